The number of sulfonamides is 1. The Bertz CT molecular complexity index is 1160. The summed E-state index contributed by atoms with van der Waals surface area (Å²) in [5, 5.41) is 3.10. The number of amides is 2. The molecule has 2 fully saturated rings. The van der Waals surface area contributed by atoms with Crippen LogP contribution in [0.1, 0.15) is 60.0 Å². The number of likely N-dealkylation sites (tertiary alicyclic amines) is 1. The number of hydrogen-bond donors (Lipinski definition) is 2. The molecule has 1 aliphatic carbocycles. The van der Waals surface area contributed by atoms with E-state index in [2.05, 4.69) is 10.0 Å². The van der Waals surface area contributed by atoms with Crippen molar-refractivity contribution >= 4 is 27.5 Å². The summed E-state index contributed by atoms with van der Waals surface area (Å²) in [6.45, 7) is 4.10. The monoisotopic (exact) mass is 469 g/mol. The van der Waals surface area contributed by atoms with Gasteiger partial charge in [0.25, 0.3) is 15.9 Å². The van der Waals surface area contributed by atoms with Crippen molar-refractivity contribution in [1.82, 2.24) is 10.2 Å². The molecule has 4 rings (SSSR count). The summed E-state index contributed by atoms with van der Waals surface area (Å²) in [4.78, 5) is 27.9. The molecule has 176 valence electrons. The van der Waals surface area contributed by atoms with Gasteiger partial charge in [-0.3, -0.25) is 14.3 Å². The zero-order valence-electron chi connectivity index (χ0n) is 19.1. The third-order valence-electron chi connectivity index (χ3n) is 6.51. The molecule has 1 saturated heterocycles. The van der Waals surface area contributed by atoms with Gasteiger partial charge in [0.05, 0.1) is 4.90 Å². The molecule has 2 N–H and O–H groups in total. The largest absolute Gasteiger partial charge is 0.352 e. The van der Waals surface area contributed by atoms with Gasteiger partial charge in [-0.15, -0.1) is 0 Å². The van der Waals surface area contributed by atoms with Crippen molar-refractivity contribution in [2.75, 3.05) is 11.3 Å². The molecular formula is C25H31N3O4S. The number of nitrogens with zero attached hydrogens (tertiary/aromatic N) is 1. The van der Waals surface area contributed by atoms with Gasteiger partial charge in [0.15, 0.2) is 0 Å². The van der Waals surface area contributed by atoms with Crippen molar-refractivity contribution in [3.8, 4) is 0 Å². The van der Waals surface area contributed by atoms with Crippen molar-refractivity contribution in [1.29, 1.82) is 0 Å². The highest BCUT2D eigenvalue weighted by Gasteiger charge is 2.35. The first-order chi connectivity index (χ1) is 15.7. The molecule has 1 atom stereocenters. The molecule has 2 amide bonds. The summed E-state index contributed by atoms with van der Waals surface area (Å²) >= 11 is 0. The van der Waals surface area contributed by atoms with Crippen molar-refractivity contribution in [2.45, 2.75) is 69.4 Å². The van der Waals surface area contributed by atoms with Gasteiger partial charge in [0, 0.05) is 23.8 Å². The first-order valence-electron chi connectivity index (χ1n) is 11.6. The Balaban J connectivity index is 1.50. The molecule has 33 heavy (non-hydrogen) atoms. The van der Waals surface area contributed by atoms with Gasteiger partial charge in [0.2, 0.25) is 5.91 Å². The lowest BCUT2D eigenvalue weighted by atomic mass is 10.1. The molecule has 8 heteroatoms. The van der Waals surface area contributed by atoms with Crippen LogP contribution in [-0.2, 0) is 14.8 Å². The molecule has 7 nitrogen and oxygen atoms in total. The van der Waals surface area contributed by atoms with Crippen molar-refractivity contribution in [3.05, 3.63) is 59.2 Å². The average molecular weight is 470 g/mol. The lowest BCUT2D eigenvalue weighted by Crippen LogP contribution is -2.48. The highest BCUT2D eigenvalue weighted by atomic mass is 32.2. The maximum absolute atomic E-state index is 13.3. The number of carbonyl (C=O) groups excluding carboxylic acids is 2. The van der Waals surface area contributed by atoms with E-state index in [1.807, 2.05) is 13.0 Å². The SMILES string of the molecule is Cc1ccc(C)c(S(=O)(=O)Nc2cccc(C(=O)N3CCCC3C(=O)NC3CCCC3)c2)c1. The minimum absolute atomic E-state index is 0.0838. The van der Waals surface area contributed by atoms with Crippen LogP contribution in [0.3, 0.4) is 0 Å². The van der Waals surface area contributed by atoms with Crippen molar-refractivity contribution in [2.24, 2.45) is 0 Å². The Labute approximate surface area is 195 Å². The number of benzene rings is 2. The minimum Gasteiger partial charge on any atom is -0.352 e. The number of rotatable bonds is 6. The van der Waals surface area contributed by atoms with Crippen LogP contribution < -0.4 is 10.0 Å². The van der Waals surface area contributed by atoms with Crippen LogP contribution in [0.4, 0.5) is 5.69 Å². The molecule has 2 aliphatic rings. The van der Waals surface area contributed by atoms with Crippen LogP contribution in [0.5, 0.6) is 0 Å². The van der Waals surface area contributed by atoms with Gasteiger partial charge in [-0.05, 0) is 74.9 Å². The van der Waals surface area contributed by atoms with Gasteiger partial charge in [-0.25, -0.2) is 8.42 Å². The summed E-state index contributed by atoms with van der Waals surface area (Å²) in [7, 11) is -3.80. The Morgan fingerprint density at radius 1 is 0.970 bits per heavy atom. The van der Waals surface area contributed by atoms with E-state index in [1.54, 1.807) is 42.2 Å². The van der Waals surface area contributed by atoms with Gasteiger partial charge in [0.1, 0.15) is 6.04 Å². The molecule has 1 aliphatic heterocycles. The molecule has 2 aromatic carbocycles. The summed E-state index contributed by atoms with van der Waals surface area (Å²) in [5.41, 5.74) is 2.17. The molecule has 0 radical (unpaired) electrons. The molecule has 1 unspecified atom stereocenters. The normalized spacial score (nSPS) is 19.0. The van der Waals surface area contributed by atoms with Crippen LogP contribution in [0, 0.1) is 13.8 Å². The zero-order valence-corrected chi connectivity index (χ0v) is 20.0. The smallest absolute Gasteiger partial charge is 0.262 e. The maximum atomic E-state index is 13.3. The highest BCUT2D eigenvalue weighted by Crippen LogP contribution is 2.25. The molecule has 1 heterocycles. The Morgan fingerprint density at radius 2 is 1.73 bits per heavy atom. The standard InChI is InChI=1S/C25H31N3O4S/c1-17-12-13-18(2)23(15-17)33(31,32)27-21-10-5-7-19(16-21)25(30)28-14-6-11-22(28)24(29)26-20-8-3-4-9-20/h5,7,10,12-13,15-16,20,22,27H,3-4,6,8-9,11,14H2,1-2H3,(H,26,29). The van der Waals surface area contributed by atoms with E-state index in [1.165, 1.54) is 6.07 Å². The fourth-order valence-electron chi connectivity index (χ4n) is 4.74. The molecule has 0 spiro atoms. The predicted molar refractivity (Wildman–Crippen MR) is 128 cm³/mol. The van der Waals surface area contributed by atoms with E-state index in [9.17, 15) is 18.0 Å². The van der Waals surface area contributed by atoms with Crippen LogP contribution in [-0.4, -0.2) is 43.8 Å². The third kappa shape index (κ3) is 5.21. The molecule has 2 aromatic rings. The van der Waals surface area contributed by atoms with E-state index in [4.69, 9.17) is 0 Å². The lowest BCUT2D eigenvalue weighted by molar-refractivity contribution is -0.125. The second-order valence-electron chi connectivity index (χ2n) is 9.10. The predicted octanol–water partition coefficient (Wildman–Crippen LogP) is 3.77. The zero-order chi connectivity index (χ0) is 23.6. The molecule has 0 bridgehead atoms. The first-order valence-corrected chi connectivity index (χ1v) is 13.0. The van der Waals surface area contributed by atoms with Crippen LogP contribution >= 0.6 is 0 Å². The Kier molecular flexibility index (Phi) is 6.74. The fraction of sp³-hybridized carbons (Fsp3) is 0.440. The summed E-state index contributed by atoms with van der Waals surface area (Å²) < 4.78 is 28.5. The summed E-state index contributed by atoms with van der Waals surface area (Å²) in [5.74, 6) is -0.341. The van der Waals surface area contributed by atoms with Gasteiger partial charge >= 0.3 is 0 Å². The first kappa shape index (κ1) is 23.3. The number of aryl methyl sites for hydroxylation is 2. The van der Waals surface area contributed by atoms with E-state index in [0.29, 0.717) is 29.8 Å². The van der Waals surface area contributed by atoms with Crippen molar-refractivity contribution < 1.29 is 18.0 Å². The van der Waals surface area contributed by atoms with Gasteiger partial charge < -0.3 is 10.2 Å². The average Bonchev–Trinajstić information content (AvgIpc) is 3.47. The second-order valence-corrected chi connectivity index (χ2v) is 10.8. The number of anilines is 1. The highest BCUT2D eigenvalue weighted by molar-refractivity contribution is 7.92. The quantitative estimate of drug-likeness (QED) is 0.673. The van der Waals surface area contributed by atoms with Crippen LogP contribution in [0.2, 0.25) is 0 Å². The van der Waals surface area contributed by atoms with Gasteiger partial charge in [-0.2, -0.15) is 0 Å². The number of nitrogens with one attached hydrogen (secondary N) is 2. The summed E-state index contributed by atoms with van der Waals surface area (Å²) in [6.07, 6.45) is 5.66. The number of carbonyl (C=O) groups is 2. The third-order valence-corrected chi connectivity index (χ3v) is 8.04. The van der Waals surface area contributed by atoms with E-state index in [0.717, 1.165) is 37.7 Å². The lowest BCUT2D eigenvalue weighted by Gasteiger charge is -2.25. The fourth-order valence-corrected chi connectivity index (χ4v) is 6.12. The summed E-state index contributed by atoms with van der Waals surface area (Å²) in [6, 6.07) is 11.5. The molecule has 0 aromatic heterocycles. The Hall–Kier alpha value is -2.87. The Morgan fingerprint density at radius 3 is 2.48 bits per heavy atom. The topological polar surface area (TPSA) is 95.6 Å². The van der Waals surface area contributed by atoms with Crippen LogP contribution in [0.15, 0.2) is 47.4 Å². The van der Waals surface area contributed by atoms with E-state index < -0.39 is 16.1 Å². The minimum atomic E-state index is -3.80. The molecular weight excluding hydrogens is 438 g/mol. The van der Waals surface area contributed by atoms with E-state index in [-0.39, 0.29) is 22.8 Å². The second kappa shape index (κ2) is 9.55. The van der Waals surface area contributed by atoms with Crippen molar-refractivity contribution in [3.63, 3.8) is 0 Å². The molecule has 1 saturated carbocycles. The number of hydrogen-bond acceptors (Lipinski definition) is 4. The van der Waals surface area contributed by atoms with Crippen LogP contribution in [0.25, 0.3) is 0 Å². The maximum Gasteiger partial charge on any atom is 0.262 e. The van der Waals surface area contributed by atoms with Gasteiger partial charge in [-0.1, -0.05) is 31.0 Å². The van der Waals surface area contributed by atoms with E-state index >= 15 is 0 Å².